The maximum atomic E-state index is 12.2. The van der Waals surface area contributed by atoms with Crippen molar-refractivity contribution in [3.63, 3.8) is 0 Å². The topological polar surface area (TPSA) is 97.0 Å². The zero-order valence-electron chi connectivity index (χ0n) is 15.2. The van der Waals surface area contributed by atoms with Gasteiger partial charge in [-0.2, -0.15) is 10.2 Å². The summed E-state index contributed by atoms with van der Waals surface area (Å²) in [5.74, 6) is -0.557. The van der Waals surface area contributed by atoms with Crippen LogP contribution in [0.4, 0.5) is 5.69 Å². The number of aromatic nitrogens is 4. The van der Waals surface area contributed by atoms with E-state index in [1.54, 1.807) is 29.1 Å². The van der Waals surface area contributed by atoms with Crippen LogP contribution in [-0.2, 0) is 6.54 Å². The molecule has 9 heteroatoms. The Balaban J connectivity index is 1.64. The summed E-state index contributed by atoms with van der Waals surface area (Å²) in [5.41, 5.74) is 2.37. The number of rotatable bonds is 6. The van der Waals surface area contributed by atoms with Gasteiger partial charge < -0.3 is 5.32 Å². The molecule has 0 fully saturated rings. The number of benzene rings is 1. The van der Waals surface area contributed by atoms with Gasteiger partial charge in [-0.15, -0.1) is 0 Å². The Bertz CT molecular complexity index is 1080. The number of amides is 1. The highest BCUT2D eigenvalue weighted by atomic mass is 35.5. The predicted octanol–water partition coefficient (Wildman–Crippen LogP) is 3.50. The molecule has 0 saturated heterocycles. The summed E-state index contributed by atoms with van der Waals surface area (Å²) < 4.78 is 1.71. The van der Waals surface area contributed by atoms with Crippen LogP contribution >= 0.6 is 11.6 Å². The first-order valence-corrected chi connectivity index (χ1v) is 8.83. The number of hydrogen-bond donors (Lipinski definition) is 2. The second-order valence-electron chi connectivity index (χ2n) is 6.30. The number of hydrogen-bond acceptors (Lipinski definition) is 4. The quantitative estimate of drug-likeness (QED) is 0.492. The van der Waals surface area contributed by atoms with E-state index >= 15 is 0 Å². The van der Waals surface area contributed by atoms with Gasteiger partial charge in [0.1, 0.15) is 11.4 Å². The number of H-pyrrole nitrogens is 1. The summed E-state index contributed by atoms with van der Waals surface area (Å²) in [7, 11) is 0. The van der Waals surface area contributed by atoms with Crippen molar-refractivity contribution in [2.45, 2.75) is 26.4 Å². The molecule has 0 saturated carbocycles. The number of nitrogens with zero attached hydrogens (tertiary/aromatic N) is 4. The van der Waals surface area contributed by atoms with E-state index in [0.29, 0.717) is 17.3 Å². The van der Waals surface area contributed by atoms with Crippen LogP contribution in [0, 0.1) is 6.57 Å². The zero-order chi connectivity index (χ0) is 20.3. The molecule has 0 spiro atoms. The molecule has 2 aromatic heterocycles. The Hall–Kier alpha value is -3.44. The Labute approximate surface area is 166 Å². The first-order chi connectivity index (χ1) is 13.4. The minimum atomic E-state index is -0.346. The minimum Gasteiger partial charge on any atom is -0.346 e. The monoisotopic (exact) mass is 396 g/mol. The maximum absolute atomic E-state index is 12.2. The first kappa shape index (κ1) is 19.3. The third-order valence-electron chi connectivity index (χ3n) is 4.03. The van der Waals surface area contributed by atoms with Crippen LogP contribution in [0.15, 0.2) is 36.5 Å². The summed E-state index contributed by atoms with van der Waals surface area (Å²) >= 11 is 6.08. The SMILES string of the molecule is [C-]#[N+]c1ccc(-c2ccn(C[C@H](C)NC(=O)c3cc(C(C)=O)n[nH]3)n2)cc1Cl. The van der Waals surface area contributed by atoms with E-state index in [2.05, 4.69) is 25.5 Å². The third kappa shape index (κ3) is 4.27. The van der Waals surface area contributed by atoms with Crippen LogP contribution in [0.5, 0.6) is 0 Å². The lowest BCUT2D eigenvalue weighted by Gasteiger charge is -2.13. The van der Waals surface area contributed by atoms with Crippen LogP contribution in [0.3, 0.4) is 0 Å². The van der Waals surface area contributed by atoms with Crippen LogP contribution < -0.4 is 5.32 Å². The van der Waals surface area contributed by atoms with Crippen molar-refractivity contribution in [3.05, 3.63) is 64.4 Å². The second kappa shape index (κ2) is 8.06. The van der Waals surface area contributed by atoms with Crippen molar-refractivity contribution in [3.8, 4) is 11.3 Å². The van der Waals surface area contributed by atoms with Gasteiger partial charge in [0.2, 0.25) is 5.69 Å². The van der Waals surface area contributed by atoms with Crippen molar-refractivity contribution in [2.75, 3.05) is 0 Å². The maximum Gasteiger partial charge on any atom is 0.269 e. The molecule has 8 nitrogen and oxygen atoms in total. The van der Waals surface area contributed by atoms with Gasteiger partial charge in [-0.3, -0.25) is 19.4 Å². The molecule has 0 aliphatic rings. The molecule has 0 radical (unpaired) electrons. The number of ketones is 1. The van der Waals surface area contributed by atoms with Gasteiger partial charge in [-0.05, 0) is 25.1 Å². The Morgan fingerprint density at radius 2 is 2.14 bits per heavy atom. The lowest BCUT2D eigenvalue weighted by atomic mass is 10.1. The standard InChI is InChI=1S/C19H17ClN6O2/c1-11(22-19(28)18-9-17(12(2)27)23-24-18)10-26-7-6-15(25-26)13-4-5-16(21-3)14(20)8-13/h4-9,11H,10H2,1-2H3,(H,22,28)(H,23,24)/t11-/m0/s1. The summed E-state index contributed by atoms with van der Waals surface area (Å²) in [5, 5.41) is 14.1. The van der Waals surface area contributed by atoms with E-state index in [-0.39, 0.29) is 29.1 Å². The van der Waals surface area contributed by atoms with Crippen molar-refractivity contribution >= 4 is 29.0 Å². The van der Waals surface area contributed by atoms with E-state index < -0.39 is 0 Å². The molecule has 0 aliphatic heterocycles. The molecule has 28 heavy (non-hydrogen) atoms. The summed E-state index contributed by atoms with van der Waals surface area (Å²) in [6, 6.07) is 8.21. The van der Waals surface area contributed by atoms with E-state index in [1.165, 1.54) is 13.0 Å². The predicted molar refractivity (Wildman–Crippen MR) is 104 cm³/mol. The van der Waals surface area contributed by atoms with Crippen molar-refractivity contribution < 1.29 is 9.59 Å². The van der Waals surface area contributed by atoms with E-state index in [9.17, 15) is 9.59 Å². The second-order valence-corrected chi connectivity index (χ2v) is 6.71. The smallest absolute Gasteiger partial charge is 0.269 e. The highest BCUT2D eigenvalue weighted by Gasteiger charge is 2.15. The van der Waals surface area contributed by atoms with E-state index in [1.807, 2.05) is 13.0 Å². The number of halogens is 1. The van der Waals surface area contributed by atoms with Crippen molar-refractivity contribution in [1.82, 2.24) is 25.3 Å². The Morgan fingerprint density at radius 3 is 2.79 bits per heavy atom. The molecule has 3 rings (SSSR count). The summed E-state index contributed by atoms with van der Waals surface area (Å²) in [6.07, 6.45) is 1.80. The van der Waals surface area contributed by atoms with Gasteiger partial charge in [0, 0.05) is 29.7 Å². The van der Waals surface area contributed by atoms with Crippen LogP contribution in [0.25, 0.3) is 16.1 Å². The number of carbonyl (C=O) groups excluding carboxylic acids is 2. The van der Waals surface area contributed by atoms with Crippen molar-refractivity contribution in [1.29, 1.82) is 0 Å². The van der Waals surface area contributed by atoms with Gasteiger partial charge in [0.05, 0.1) is 18.8 Å². The normalized spacial score (nSPS) is 11.6. The van der Waals surface area contributed by atoms with Gasteiger partial charge in [0.25, 0.3) is 5.91 Å². The fourth-order valence-electron chi connectivity index (χ4n) is 2.62. The fourth-order valence-corrected chi connectivity index (χ4v) is 2.84. The van der Waals surface area contributed by atoms with Gasteiger partial charge in [-0.25, -0.2) is 4.85 Å². The van der Waals surface area contributed by atoms with Gasteiger partial charge in [-0.1, -0.05) is 23.7 Å². The van der Waals surface area contributed by atoms with Crippen LogP contribution in [0.1, 0.15) is 34.8 Å². The number of Topliss-reactive ketones (excluding diaryl/α,β-unsaturated/α-hetero) is 1. The highest BCUT2D eigenvalue weighted by molar-refractivity contribution is 6.33. The largest absolute Gasteiger partial charge is 0.346 e. The Kier molecular flexibility index (Phi) is 5.57. The lowest BCUT2D eigenvalue weighted by molar-refractivity contribution is 0.0930. The minimum absolute atomic E-state index is 0.211. The van der Waals surface area contributed by atoms with Crippen LogP contribution in [-0.4, -0.2) is 37.7 Å². The van der Waals surface area contributed by atoms with Crippen LogP contribution in [0.2, 0.25) is 5.02 Å². The number of carbonyl (C=O) groups is 2. The molecular formula is C19H17ClN6O2. The van der Waals surface area contributed by atoms with Crippen molar-refractivity contribution in [2.24, 2.45) is 0 Å². The first-order valence-electron chi connectivity index (χ1n) is 8.45. The summed E-state index contributed by atoms with van der Waals surface area (Å²) in [6.45, 7) is 10.7. The molecule has 0 unspecified atom stereocenters. The van der Waals surface area contributed by atoms with E-state index in [0.717, 1.165) is 11.3 Å². The molecule has 1 atom stereocenters. The Morgan fingerprint density at radius 1 is 1.36 bits per heavy atom. The zero-order valence-corrected chi connectivity index (χ0v) is 16.0. The number of aromatic amines is 1. The lowest BCUT2D eigenvalue weighted by Crippen LogP contribution is -2.36. The third-order valence-corrected chi connectivity index (χ3v) is 4.33. The fraction of sp³-hybridized carbons (Fsp3) is 0.211. The molecule has 2 N–H and O–H groups in total. The average Bonchev–Trinajstić information content (AvgIpc) is 3.31. The molecule has 0 bridgehead atoms. The van der Waals surface area contributed by atoms with Gasteiger partial charge in [0.15, 0.2) is 5.78 Å². The molecule has 142 valence electrons. The molecule has 1 aromatic carbocycles. The molecule has 2 heterocycles. The average molecular weight is 397 g/mol. The molecule has 1 amide bonds. The number of nitrogens with one attached hydrogen (secondary N) is 2. The highest BCUT2D eigenvalue weighted by Crippen LogP contribution is 2.29. The molecule has 3 aromatic rings. The van der Waals surface area contributed by atoms with E-state index in [4.69, 9.17) is 18.2 Å². The van der Waals surface area contributed by atoms with Gasteiger partial charge >= 0.3 is 0 Å². The molecule has 0 aliphatic carbocycles. The summed E-state index contributed by atoms with van der Waals surface area (Å²) in [4.78, 5) is 26.9. The molecular weight excluding hydrogens is 380 g/mol.